The fourth-order valence-corrected chi connectivity index (χ4v) is 3.44. The lowest BCUT2D eigenvalue weighted by Crippen LogP contribution is -2.53. The predicted octanol–water partition coefficient (Wildman–Crippen LogP) is 0.0560. The number of amides is 4. The van der Waals surface area contributed by atoms with Crippen LogP contribution in [0.1, 0.15) is 17.5 Å². The average Bonchev–Trinajstić information content (AvgIpc) is 2.99. The molecule has 0 aliphatic carbocycles. The first kappa shape index (κ1) is 20.1. The van der Waals surface area contributed by atoms with E-state index in [9.17, 15) is 24.3 Å². The van der Waals surface area contributed by atoms with E-state index in [4.69, 9.17) is 5.73 Å². The Morgan fingerprint density at radius 3 is 2.10 bits per heavy atom. The topological polar surface area (TPSA) is 124 Å². The van der Waals surface area contributed by atoms with Gasteiger partial charge in [-0.15, -0.1) is 0 Å². The summed E-state index contributed by atoms with van der Waals surface area (Å²) in [6.07, 6.45) is -1.87. The smallest absolute Gasteiger partial charge is 0.253 e. The number of carbonyl (C=O) groups is 4. The molecule has 8 nitrogen and oxygen atoms in total. The van der Waals surface area contributed by atoms with E-state index in [0.717, 1.165) is 15.4 Å². The largest absolute Gasteiger partial charge is 0.530 e. The fourth-order valence-electron chi connectivity index (χ4n) is 3.44. The third kappa shape index (κ3) is 4.43. The molecule has 2 N–H and O–H groups in total. The van der Waals surface area contributed by atoms with Gasteiger partial charge in [-0.1, -0.05) is 60.7 Å². The molecule has 0 aromatic heterocycles. The molecule has 3 rings (SSSR count). The number of rotatable bonds is 7. The number of hydrogen-bond acceptors (Lipinski definition) is 5. The molecule has 0 bridgehead atoms. The van der Waals surface area contributed by atoms with Crippen LogP contribution < -0.4 is 10.8 Å². The van der Waals surface area contributed by atoms with E-state index >= 15 is 0 Å². The molecule has 1 fully saturated rings. The van der Waals surface area contributed by atoms with E-state index in [-0.39, 0.29) is 19.4 Å². The van der Waals surface area contributed by atoms with Crippen molar-refractivity contribution in [3.8, 4) is 0 Å². The molecule has 1 aliphatic rings. The van der Waals surface area contributed by atoms with Gasteiger partial charge in [0.1, 0.15) is 18.2 Å². The quantitative estimate of drug-likeness (QED) is 0.665. The molecular weight excluding hydrogens is 374 g/mol. The minimum absolute atomic E-state index is 0.0599. The van der Waals surface area contributed by atoms with Gasteiger partial charge in [0.15, 0.2) is 0 Å². The summed E-state index contributed by atoms with van der Waals surface area (Å²) in [5, 5.41) is 11.7. The molecule has 29 heavy (non-hydrogen) atoms. The molecular formula is C21H20N3O5-. The van der Waals surface area contributed by atoms with Gasteiger partial charge in [-0.05, 0) is 11.1 Å². The van der Waals surface area contributed by atoms with E-state index in [1.807, 2.05) is 0 Å². The van der Waals surface area contributed by atoms with Crippen LogP contribution in [0.5, 0.6) is 0 Å². The third-order valence-corrected chi connectivity index (χ3v) is 4.88. The van der Waals surface area contributed by atoms with E-state index in [1.165, 1.54) is 0 Å². The van der Waals surface area contributed by atoms with Gasteiger partial charge in [-0.2, -0.15) is 0 Å². The van der Waals surface area contributed by atoms with Gasteiger partial charge in [-0.3, -0.25) is 19.3 Å². The average molecular weight is 394 g/mol. The van der Waals surface area contributed by atoms with Crippen molar-refractivity contribution in [2.24, 2.45) is 5.73 Å². The molecule has 2 atom stereocenters. The first-order valence-electron chi connectivity index (χ1n) is 9.09. The Kier molecular flexibility index (Phi) is 5.92. The second kappa shape index (κ2) is 8.55. The maximum atomic E-state index is 13.0. The van der Waals surface area contributed by atoms with Crippen LogP contribution in [0.25, 0.3) is 0 Å². The molecule has 8 heteroatoms. The van der Waals surface area contributed by atoms with Gasteiger partial charge >= 0.3 is 0 Å². The van der Waals surface area contributed by atoms with Crippen LogP contribution in [0.3, 0.4) is 0 Å². The van der Waals surface area contributed by atoms with Gasteiger partial charge in [-0.25, -0.2) is 0 Å². The number of nitrogens with two attached hydrogens (primary N) is 1. The summed E-state index contributed by atoms with van der Waals surface area (Å²) in [5.41, 5.74) is 6.83. The molecule has 1 heterocycles. The summed E-state index contributed by atoms with van der Waals surface area (Å²) in [7, 11) is 0. The molecule has 2 aromatic carbocycles. The summed E-state index contributed by atoms with van der Waals surface area (Å²) in [6, 6.07) is 15.0. The summed E-state index contributed by atoms with van der Waals surface area (Å²) in [6.45, 7) is -0.110. The Labute approximate surface area is 167 Å². The number of nitrogens with zero attached hydrogens (tertiary/aromatic N) is 2. The van der Waals surface area contributed by atoms with Crippen molar-refractivity contribution in [1.82, 2.24) is 9.80 Å². The second-order valence-corrected chi connectivity index (χ2v) is 6.81. The van der Waals surface area contributed by atoms with Crippen LogP contribution in [0.15, 0.2) is 60.7 Å². The number of hydrogen-bond donors (Lipinski definition) is 1. The molecule has 150 valence electrons. The van der Waals surface area contributed by atoms with Crippen LogP contribution in [0, 0.1) is 0 Å². The maximum Gasteiger partial charge on any atom is 0.253 e. The highest BCUT2D eigenvalue weighted by Crippen LogP contribution is 2.24. The monoisotopic (exact) mass is 394 g/mol. The molecule has 4 amide bonds. The Morgan fingerprint density at radius 1 is 1.03 bits per heavy atom. The molecule has 1 aliphatic heterocycles. The maximum absolute atomic E-state index is 13.0. The van der Waals surface area contributed by atoms with Gasteiger partial charge < -0.3 is 20.5 Å². The summed E-state index contributed by atoms with van der Waals surface area (Å²) in [5.74, 6) is -2.24. The lowest BCUT2D eigenvalue weighted by molar-refractivity contribution is -0.268. The minimum Gasteiger partial charge on any atom is -0.530 e. The van der Waals surface area contributed by atoms with Crippen LogP contribution >= 0.6 is 0 Å². The fraction of sp³-hybridized carbons (Fsp3) is 0.238. The van der Waals surface area contributed by atoms with Crippen molar-refractivity contribution >= 4 is 23.8 Å². The number of carbonyl (C=O) groups excluding carboxylic acids is 4. The molecule has 0 spiro atoms. The second-order valence-electron chi connectivity index (χ2n) is 6.81. The highest BCUT2D eigenvalue weighted by molar-refractivity contribution is 6.09. The molecule has 1 saturated heterocycles. The van der Waals surface area contributed by atoms with Gasteiger partial charge in [0, 0.05) is 13.0 Å². The number of likely N-dealkylation sites (tertiary alicyclic amines) is 1. The van der Waals surface area contributed by atoms with Crippen molar-refractivity contribution in [2.75, 3.05) is 0 Å². The number of primary amides is 1. The van der Waals surface area contributed by atoms with Crippen LogP contribution in [-0.4, -0.2) is 45.7 Å². The Bertz CT molecular complexity index is 916. The van der Waals surface area contributed by atoms with Crippen molar-refractivity contribution < 1.29 is 24.3 Å². The first-order chi connectivity index (χ1) is 13.9. The zero-order valence-electron chi connectivity index (χ0n) is 15.6. The van der Waals surface area contributed by atoms with Crippen LogP contribution in [-0.2, 0) is 27.3 Å². The van der Waals surface area contributed by atoms with Crippen molar-refractivity contribution in [3.63, 3.8) is 0 Å². The standard InChI is InChI=1S/C21H21N3O5/c22-19(26)16(11-14-7-3-1-4-8-14)24-18(25)12-17(20(24)27)23(21(28)29)13-15-9-5-2-6-10-15/h1-10,16-17H,11-13H2,(H2,22,26)(H,28,29)/p-1/t16-,17-/m0/s1. The van der Waals surface area contributed by atoms with Crippen molar-refractivity contribution in [2.45, 2.75) is 31.5 Å². The van der Waals surface area contributed by atoms with Gasteiger partial charge in [0.25, 0.3) is 5.91 Å². The summed E-state index contributed by atoms with van der Waals surface area (Å²) >= 11 is 0. The Balaban J connectivity index is 1.84. The normalized spacial score (nSPS) is 17.2. The van der Waals surface area contributed by atoms with E-state index in [1.54, 1.807) is 60.7 Å². The number of imide groups is 1. The van der Waals surface area contributed by atoms with Gasteiger partial charge in [0.05, 0.1) is 6.42 Å². The van der Waals surface area contributed by atoms with Crippen LogP contribution in [0.2, 0.25) is 0 Å². The van der Waals surface area contributed by atoms with Crippen molar-refractivity contribution in [1.29, 1.82) is 0 Å². The third-order valence-electron chi connectivity index (χ3n) is 4.88. The van der Waals surface area contributed by atoms with Crippen molar-refractivity contribution in [3.05, 3.63) is 71.8 Å². The highest BCUT2D eigenvalue weighted by atomic mass is 16.4. The van der Waals surface area contributed by atoms with E-state index < -0.39 is 35.9 Å². The van der Waals surface area contributed by atoms with Gasteiger partial charge in [0.2, 0.25) is 11.8 Å². The van der Waals surface area contributed by atoms with E-state index in [2.05, 4.69) is 0 Å². The van der Waals surface area contributed by atoms with Crippen LogP contribution in [0.4, 0.5) is 4.79 Å². The SMILES string of the molecule is NC(=O)[C@H](Cc1ccccc1)N1C(=O)C[C@H](N(Cc2ccccc2)C(=O)[O-])C1=O. The Morgan fingerprint density at radius 2 is 1.59 bits per heavy atom. The predicted molar refractivity (Wildman–Crippen MR) is 101 cm³/mol. The zero-order chi connectivity index (χ0) is 21.0. The lowest BCUT2D eigenvalue weighted by atomic mass is 10.0. The molecule has 0 radical (unpaired) electrons. The molecule has 0 unspecified atom stereocenters. The summed E-state index contributed by atoms with van der Waals surface area (Å²) < 4.78 is 0. The highest BCUT2D eigenvalue weighted by Gasteiger charge is 2.46. The first-order valence-corrected chi connectivity index (χ1v) is 9.09. The minimum atomic E-state index is -1.57. The zero-order valence-corrected chi connectivity index (χ0v) is 15.6. The lowest BCUT2D eigenvalue weighted by Gasteiger charge is -2.31. The molecule has 0 saturated carbocycles. The summed E-state index contributed by atoms with van der Waals surface area (Å²) in [4.78, 5) is 50.8. The molecule has 2 aromatic rings. The van der Waals surface area contributed by atoms with E-state index in [0.29, 0.717) is 5.56 Å². The number of carboxylic acid groups (broad SMARTS) is 1. The number of benzene rings is 2. The Hall–Kier alpha value is -3.68.